The Morgan fingerprint density at radius 1 is 1.06 bits per heavy atom. The molecule has 1 atom stereocenters. The summed E-state index contributed by atoms with van der Waals surface area (Å²) in [5.74, 6) is -1.20. The van der Waals surface area contributed by atoms with Gasteiger partial charge >= 0.3 is 0 Å². The Morgan fingerprint density at radius 3 is 2.28 bits per heavy atom. The van der Waals surface area contributed by atoms with Crippen LogP contribution in [0.3, 0.4) is 0 Å². The van der Waals surface area contributed by atoms with Gasteiger partial charge in [0.15, 0.2) is 0 Å². The highest BCUT2D eigenvalue weighted by molar-refractivity contribution is 5.34. The molecule has 0 bridgehead atoms. The zero-order valence-electron chi connectivity index (χ0n) is 10.2. The number of rotatable bonds is 3. The molecule has 2 aromatic carbocycles. The Balaban J connectivity index is 2.31. The molecule has 1 nitrogen and oxygen atoms in total. The quantitative estimate of drug-likeness (QED) is 0.881. The molecule has 0 radical (unpaired) electrons. The minimum atomic E-state index is -0.609. The van der Waals surface area contributed by atoms with Crippen molar-refractivity contribution in [3.63, 3.8) is 0 Å². The van der Waals surface area contributed by atoms with Crippen LogP contribution in [0.2, 0.25) is 0 Å². The summed E-state index contributed by atoms with van der Waals surface area (Å²) in [6.07, 6.45) is 0.945. The Bertz CT molecular complexity index is 535. The highest BCUT2D eigenvalue weighted by Crippen LogP contribution is 2.23. The fourth-order valence-electron chi connectivity index (χ4n) is 1.89. The zero-order valence-corrected chi connectivity index (χ0v) is 10.2. The maximum absolute atomic E-state index is 13.6. The van der Waals surface area contributed by atoms with E-state index in [1.54, 1.807) is 0 Å². The average molecular weight is 247 g/mol. The van der Waals surface area contributed by atoms with Gasteiger partial charge in [-0.05, 0) is 23.6 Å². The van der Waals surface area contributed by atoms with E-state index in [9.17, 15) is 8.78 Å². The van der Waals surface area contributed by atoms with E-state index in [1.165, 1.54) is 17.7 Å². The van der Waals surface area contributed by atoms with Crippen LogP contribution < -0.4 is 5.73 Å². The van der Waals surface area contributed by atoms with Crippen LogP contribution >= 0.6 is 0 Å². The third kappa shape index (κ3) is 2.57. The van der Waals surface area contributed by atoms with Crippen molar-refractivity contribution in [1.29, 1.82) is 0 Å². The molecule has 3 heteroatoms. The van der Waals surface area contributed by atoms with Crippen molar-refractivity contribution in [2.45, 2.75) is 19.4 Å². The van der Waals surface area contributed by atoms with E-state index in [0.717, 1.165) is 18.1 Å². The van der Waals surface area contributed by atoms with Crippen LogP contribution in [0.4, 0.5) is 8.78 Å². The van der Waals surface area contributed by atoms with Gasteiger partial charge in [0, 0.05) is 11.6 Å². The van der Waals surface area contributed by atoms with E-state index in [0.29, 0.717) is 5.56 Å². The summed E-state index contributed by atoms with van der Waals surface area (Å²) in [5.41, 5.74) is 8.32. The van der Waals surface area contributed by atoms with Gasteiger partial charge in [0.2, 0.25) is 0 Å². The molecule has 0 aliphatic rings. The fraction of sp³-hybridized carbons (Fsp3) is 0.200. The van der Waals surface area contributed by atoms with E-state index >= 15 is 0 Å². The van der Waals surface area contributed by atoms with Gasteiger partial charge in [-0.3, -0.25) is 0 Å². The van der Waals surface area contributed by atoms with E-state index in [2.05, 4.69) is 6.92 Å². The molecule has 1 unspecified atom stereocenters. The molecule has 0 spiro atoms. The summed E-state index contributed by atoms with van der Waals surface area (Å²) in [6, 6.07) is 10.6. The monoisotopic (exact) mass is 247 g/mol. The van der Waals surface area contributed by atoms with Gasteiger partial charge in [0.05, 0.1) is 6.04 Å². The van der Waals surface area contributed by atoms with E-state index in [4.69, 9.17) is 5.73 Å². The summed E-state index contributed by atoms with van der Waals surface area (Å²) in [5, 5.41) is 0. The van der Waals surface area contributed by atoms with Gasteiger partial charge in [-0.2, -0.15) is 0 Å². The minimum Gasteiger partial charge on any atom is -0.320 e. The third-order valence-electron chi connectivity index (χ3n) is 3.04. The first-order chi connectivity index (χ1) is 8.61. The second kappa shape index (κ2) is 5.27. The SMILES string of the molecule is CCc1ccc(C(N)c2ccc(F)cc2F)cc1. The predicted octanol–water partition coefficient (Wildman–Crippen LogP) is 3.58. The maximum Gasteiger partial charge on any atom is 0.131 e. The lowest BCUT2D eigenvalue weighted by molar-refractivity contribution is 0.566. The molecular weight excluding hydrogens is 232 g/mol. The highest BCUT2D eigenvalue weighted by atomic mass is 19.1. The second-order valence-electron chi connectivity index (χ2n) is 4.24. The van der Waals surface area contributed by atoms with Crippen molar-refractivity contribution in [3.05, 3.63) is 70.8 Å². The van der Waals surface area contributed by atoms with Crippen LogP contribution in [0.25, 0.3) is 0 Å². The van der Waals surface area contributed by atoms with Gasteiger partial charge in [0.25, 0.3) is 0 Å². The number of aryl methyl sites for hydroxylation is 1. The molecule has 18 heavy (non-hydrogen) atoms. The minimum absolute atomic E-state index is 0.306. The van der Waals surface area contributed by atoms with Crippen molar-refractivity contribution in [2.75, 3.05) is 0 Å². The Hall–Kier alpha value is -1.74. The van der Waals surface area contributed by atoms with Crippen molar-refractivity contribution in [2.24, 2.45) is 5.73 Å². The van der Waals surface area contributed by atoms with Gasteiger partial charge < -0.3 is 5.73 Å². The van der Waals surface area contributed by atoms with Crippen LogP contribution in [0.5, 0.6) is 0 Å². The molecule has 94 valence electrons. The Labute approximate surface area is 105 Å². The first-order valence-corrected chi connectivity index (χ1v) is 5.91. The van der Waals surface area contributed by atoms with Crippen molar-refractivity contribution in [1.82, 2.24) is 0 Å². The molecule has 0 fully saturated rings. The standard InChI is InChI=1S/C15H15F2N/c1-2-10-3-5-11(6-4-10)15(18)13-8-7-12(16)9-14(13)17/h3-9,15H,2,18H2,1H3. The van der Waals surface area contributed by atoms with Crippen LogP contribution in [-0.2, 0) is 6.42 Å². The summed E-state index contributed by atoms with van der Waals surface area (Å²) in [7, 11) is 0. The molecule has 2 N–H and O–H groups in total. The van der Waals surface area contributed by atoms with Gasteiger partial charge in [-0.1, -0.05) is 37.3 Å². The van der Waals surface area contributed by atoms with Crippen LogP contribution in [-0.4, -0.2) is 0 Å². The van der Waals surface area contributed by atoms with E-state index in [1.807, 2.05) is 24.3 Å². The van der Waals surface area contributed by atoms with Crippen LogP contribution in [0.1, 0.15) is 29.7 Å². The summed E-state index contributed by atoms with van der Waals surface area (Å²) < 4.78 is 26.4. The number of nitrogens with two attached hydrogens (primary N) is 1. The lowest BCUT2D eigenvalue weighted by Crippen LogP contribution is -2.13. The smallest absolute Gasteiger partial charge is 0.131 e. The number of halogens is 2. The first kappa shape index (κ1) is 12.7. The summed E-state index contributed by atoms with van der Waals surface area (Å²) in [6.45, 7) is 2.06. The molecular formula is C15H15F2N. The Kier molecular flexibility index (Phi) is 3.72. The normalized spacial score (nSPS) is 12.4. The Morgan fingerprint density at radius 2 is 1.72 bits per heavy atom. The number of hydrogen-bond donors (Lipinski definition) is 1. The van der Waals surface area contributed by atoms with Crippen LogP contribution in [0, 0.1) is 11.6 Å². The molecule has 0 aliphatic heterocycles. The first-order valence-electron chi connectivity index (χ1n) is 5.91. The van der Waals surface area contributed by atoms with Gasteiger partial charge in [-0.25, -0.2) is 8.78 Å². The largest absolute Gasteiger partial charge is 0.320 e. The van der Waals surface area contributed by atoms with Gasteiger partial charge in [0.1, 0.15) is 11.6 Å². The maximum atomic E-state index is 13.6. The molecule has 2 rings (SSSR count). The van der Waals surface area contributed by atoms with E-state index < -0.39 is 17.7 Å². The third-order valence-corrected chi connectivity index (χ3v) is 3.04. The summed E-state index contributed by atoms with van der Waals surface area (Å²) in [4.78, 5) is 0. The molecule has 2 aromatic rings. The van der Waals surface area contributed by atoms with Crippen molar-refractivity contribution in [3.8, 4) is 0 Å². The van der Waals surface area contributed by atoms with Gasteiger partial charge in [-0.15, -0.1) is 0 Å². The van der Waals surface area contributed by atoms with E-state index in [-0.39, 0.29) is 0 Å². The average Bonchev–Trinajstić information content (AvgIpc) is 2.38. The lowest BCUT2D eigenvalue weighted by atomic mass is 9.98. The molecule has 0 saturated carbocycles. The molecule has 0 heterocycles. The number of benzene rings is 2. The van der Waals surface area contributed by atoms with Crippen molar-refractivity contribution >= 4 is 0 Å². The predicted molar refractivity (Wildman–Crippen MR) is 68.2 cm³/mol. The topological polar surface area (TPSA) is 26.0 Å². The number of hydrogen-bond acceptors (Lipinski definition) is 1. The fourth-order valence-corrected chi connectivity index (χ4v) is 1.89. The lowest BCUT2D eigenvalue weighted by Gasteiger charge is -2.14. The molecule has 0 saturated heterocycles. The molecule has 0 aliphatic carbocycles. The molecule has 0 aromatic heterocycles. The highest BCUT2D eigenvalue weighted by Gasteiger charge is 2.13. The second-order valence-corrected chi connectivity index (χ2v) is 4.24. The molecule has 0 amide bonds. The zero-order chi connectivity index (χ0) is 13.1. The van der Waals surface area contributed by atoms with Crippen LogP contribution in [0.15, 0.2) is 42.5 Å². The summed E-state index contributed by atoms with van der Waals surface area (Å²) >= 11 is 0. The van der Waals surface area contributed by atoms with Crippen molar-refractivity contribution < 1.29 is 8.78 Å².